The van der Waals surface area contributed by atoms with E-state index < -0.39 is 16.1 Å². The van der Waals surface area contributed by atoms with Crippen LogP contribution in [0, 0.1) is 0 Å². The van der Waals surface area contributed by atoms with Gasteiger partial charge in [-0.25, -0.2) is 0 Å². The van der Waals surface area contributed by atoms with Gasteiger partial charge in [-0.3, -0.25) is 9.35 Å². The summed E-state index contributed by atoms with van der Waals surface area (Å²) in [6.45, 7) is 1.23. The van der Waals surface area contributed by atoms with Crippen LogP contribution in [0.4, 0.5) is 0 Å². The van der Waals surface area contributed by atoms with Gasteiger partial charge >= 0.3 is 35.5 Å². The third kappa shape index (κ3) is 4.76. The van der Waals surface area contributed by atoms with Crippen LogP contribution < -0.4 is 4.74 Å². The third-order valence-corrected chi connectivity index (χ3v) is 2.25. The van der Waals surface area contributed by atoms with E-state index in [0.29, 0.717) is 0 Å². The molecule has 15 heavy (non-hydrogen) atoms. The summed E-state index contributed by atoms with van der Waals surface area (Å²) in [5, 5.41) is 0. The molecule has 0 saturated heterocycles. The van der Waals surface area contributed by atoms with E-state index in [1.54, 1.807) is 0 Å². The molecule has 0 fully saturated rings. The number of esters is 1. The second kappa shape index (κ2) is 5.62. The molecule has 0 unspecified atom stereocenters. The van der Waals surface area contributed by atoms with Crippen LogP contribution in [-0.4, -0.2) is 48.5 Å². The molecule has 0 heterocycles. The number of rotatable bonds is 2. The number of carbonyl (C=O) groups is 1. The van der Waals surface area contributed by atoms with Crippen molar-refractivity contribution < 1.29 is 22.5 Å². The Labute approximate surface area is 109 Å². The zero-order valence-corrected chi connectivity index (χ0v) is 8.11. The predicted molar refractivity (Wildman–Crippen MR) is 54.7 cm³/mol. The Morgan fingerprint density at radius 2 is 1.73 bits per heavy atom. The van der Waals surface area contributed by atoms with Crippen molar-refractivity contribution >= 4 is 45.6 Å². The fourth-order valence-corrected chi connectivity index (χ4v) is 1.33. The Morgan fingerprint density at radius 3 is 2.07 bits per heavy atom. The maximum absolute atomic E-state index is 10.6. The van der Waals surface area contributed by atoms with Gasteiger partial charge in [0.25, 0.3) is 10.1 Å². The van der Waals surface area contributed by atoms with Crippen molar-refractivity contribution in [3.05, 3.63) is 24.3 Å². The fourth-order valence-electron chi connectivity index (χ4n) is 0.846. The molecule has 5 nitrogen and oxygen atoms in total. The van der Waals surface area contributed by atoms with Crippen LogP contribution >= 0.6 is 0 Å². The monoisotopic (exact) mass is 240 g/mol. The van der Waals surface area contributed by atoms with Gasteiger partial charge in [0.2, 0.25) is 0 Å². The van der Waals surface area contributed by atoms with Gasteiger partial charge in [0.05, 0.1) is 4.90 Å². The van der Waals surface area contributed by atoms with Crippen molar-refractivity contribution in [2.75, 3.05) is 0 Å². The summed E-state index contributed by atoms with van der Waals surface area (Å²) >= 11 is 0. The summed E-state index contributed by atoms with van der Waals surface area (Å²) in [4.78, 5) is 10.3. The zero-order chi connectivity index (χ0) is 10.8. The van der Waals surface area contributed by atoms with E-state index in [4.69, 9.17) is 4.55 Å². The molecule has 0 amide bonds. The van der Waals surface area contributed by atoms with Crippen molar-refractivity contribution in [1.82, 2.24) is 0 Å². The molecular formula is C8H9NaO5S. The van der Waals surface area contributed by atoms with Gasteiger partial charge in [0.15, 0.2) is 0 Å². The molecule has 0 saturated carbocycles. The van der Waals surface area contributed by atoms with Gasteiger partial charge in [-0.2, -0.15) is 8.42 Å². The van der Waals surface area contributed by atoms with E-state index in [9.17, 15) is 13.2 Å². The number of carbonyl (C=O) groups excluding carboxylic acids is 1. The molecule has 0 radical (unpaired) electrons. The topological polar surface area (TPSA) is 80.7 Å². The van der Waals surface area contributed by atoms with Crippen LogP contribution in [0.1, 0.15) is 6.92 Å². The molecule has 1 N–H and O–H groups in total. The van der Waals surface area contributed by atoms with E-state index >= 15 is 0 Å². The Bertz CT molecular complexity index is 437. The summed E-state index contributed by atoms with van der Waals surface area (Å²) in [5.74, 6) is -0.269. The molecule has 0 aromatic heterocycles. The van der Waals surface area contributed by atoms with Gasteiger partial charge < -0.3 is 4.74 Å². The molecule has 0 aliphatic heterocycles. The van der Waals surface area contributed by atoms with Crippen molar-refractivity contribution in [3.8, 4) is 5.75 Å². The van der Waals surface area contributed by atoms with Gasteiger partial charge in [-0.15, -0.1) is 0 Å². The summed E-state index contributed by atoms with van der Waals surface area (Å²) in [6.07, 6.45) is 0. The first-order valence-corrected chi connectivity index (χ1v) is 5.09. The SMILES string of the molecule is CC(=O)Oc1ccc(S(=O)(=O)O)cc1.[NaH]. The summed E-state index contributed by atoms with van der Waals surface area (Å²) in [7, 11) is -4.19. The molecule has 78 valence electrons. The minimum atomic E-state index is -4.19. The van der Waals surface area contributed by atoms with Crippen LogP contribution in [0.3, 0.4) is 0 Å². The molecular weight excluding hydrogens is 231 g/mol. The van der Waals surface area contributed by atoms with Gasteiger partial charge in [-0.1, -0.05) is 0 Å². The van der Waals surface area contributed by atoms with Crippen LogP contribution in [0.2, 0.25) is 0 Å². The van der Waals surface area contributed by atoms with Crippen molar-refractivity contribution in [3.63, 3.8) is 0 Å². The fraction of sp³-hybridized carbons (Fsp3) is 0.125. The average molecular weight is 240 g/mol. The molecule has 0 aliphatic rings. The molecule has 7 heteroatoms. The van der Waals surface area contributed by atoms with E-state index in [1.807, 2.05) is 0 Å². The van der Waals surface area contributed by atoms with E-state index in [1.165, 1.54) is 19.1 Å². The molecule has 1 aromatic rings. The predicted octanol–water partition coefficient (Wildman–Crippen LogP) is 0.210. The van der Waals surface area contributed by atoms with Crippen molar-refractivity contribution in [2.45, 2.75) is 11.8 Å². The summed E-state index contributed by atoms with van der Waals surface area (Å²) in [6, 6.07) is 4.86. The maximum atomic E-state index is 10.6. The quantitative estimate of drug-likeness (QED) is 0.346. The van der Waals surface area contributed by atoms with Crippen molar-refractivity contribution in [1.29, 1.82) is 0 Å². The first-order valence-electron chi connectivity index (χ1n) is 3.65. The second-order valence-electron chi connectivity index (χ2n) is 2.54. The van der Waals surface area contributed by atoms with Crippen LogP contribution in [0.25, 0.3) is 0 Å². The number of hydrogen-bond acceptors (Lipinski definition) is 4. The Kier molecular flexibility index (Phi) is 5.47. The van der Waals surface area contributed by atoms with E-state index in [2.05, 4.69) is 4.74 Å². The first-order chi connectivity index (χ1) is 6.39. The zero-order valence-electron chi connectivity index (χ0n) is 7.30. The molecule has 0 spiro atoms. The summed E-state index contributed by atoms with van der Waals surface area (Å²) in [5.41, 5.74) is 0. The average Bonchev–Trinajstić information content (AvgIpc) is 2.02. The summed E-state index contributed by atoms with van der Waals surface area (Å²) < 4.78 is 34.5. The number of benzene rings is 1. The van der Waals surface area contributed by atoms with Crippen LogP contribution in [0.5, 0.6) is 5.75 Å². The molecule has 0 atom stereocenters. The van der Waals surface area contributed by atoms with E-state index in [0.717, 1.165) is 12.1 Å². The van der Waals surface area contributed by atoms with E-state index in [-0.39, 0.29) is 40.2 Å². The van der Waals surface area contributed by atoms with Crippen LogP contribution in [0.15, 0.2) is 29.2 Å². The van der Waals surface area contributed by atoms with Crippen LogP contribution in [-0.2, 0) is 14.9 Å². The third-order valence-electron chi connectivity index (χ3n) is 1.38. The Morgan fingerprint density at radius 1 is 1.27 bits per heavy atom. The molecule has 0 aliphatic carbocycles. The van der Waals surface area contributed by atoms with Crippen molar-refractivity contribution in [2.24, 2.45) is 0 Å². The standard InChI is InChI=1S/C8H8O5S.Na.H/c1-6(9)13-7-2-4-8(5-3-7)14(10,11)12;;/h2-5H,1H3,(H,10,11,12);;. The minimum absolute atomic E-state index is 0. The van der Waals surface area contributed by atoms with Gasteiger partial charge in [-0.05, 0) is 24.3 Å². The second-order valence-corrected chi connectivity index (χ2v) is 3.96. The molecule has 0 bridgehead atoms. The molecule has 1 aromatic carbocycles. The Hall–Kier alpha value is -0.400. The normalized spacial score (nSPS) is 10.3. The molecule has 1 rings (SSSR count). The van der Waals surface area contributed by atoms with Gasteiger partial charge in [0.1, 0.15) is 5.75 Å². The first kappa shape index (κ1) is 14.6. The number of hydrogen-bond donors (Lipinski definition) is 1. The number of ether oxygens (including phenoxy) is 1. The Balaban J connectivity index is 0.00000196. The van der Waals surface area contributed by atoms with Gasteiger partial charge in [0, 0.05) is 6.92 Å².